The highest BCUT2D eigenvalue weighted by atomic mass is 35.5. The third-order valence-corrected chi connectivity index (χ3v) is 13.6. The maximum absolute atomic E-state index is 13.8. The number of likely N-dealkylation sites (tertiary alicyclic amines) is 1. The summed E-state index contributed by atoms with van der Waals surface area (Å²) < 4.78 is 8.65. The minimum absolute atomic E-state index is 0.000666. The molecule has 306 valence electrons. The maximum Gasteiger partial charge on any atom is 0.240 e. The normalized spacial score (nSPS) is 21.0. The van der Waals surface area contributed by atoms with Crippen LogP contribution in [0.15, 0.2) is 66.9 Å². The quantitative estimate of drug-likeness (QED) is 0.0754. The van der Waals surface area contributed by atoms with Gasteiger partial charge in [-0.05, 0) is 104 Å². The van der Waals surface area contributed by atoms with E-state index in [4.69, 9.17) is 38.7 Å². The topological polar surface area (TPSA) is 135 Å². The Hall–Kier alpha value is -4.90. The van der Waals surface area contributed by atoms with Crippen molar-refractivity contribution in [3.63, 3.8) is 0 Å². The number of halogens is 2. The fourth-order valence-corrected chi connectivity index (χ4v) is 9.98. The number of rotatable bonds is 9. The number of hydrogen-bond donors (Lipinski definition) is 3. The first kappa shape index (κ1) is 39.6. The van der Waals surface area contributed by atoms with Crippen LogP contribution in [0.1, 0.15) is 106 Å². The van der Waals surface area contributed by atoms with E-state index in [9.17, 15) is 9.59 Å². The molecule has 2 fully saturated rings. The molecule has 4 aromatic heterocycles. The van der Waals surface area contributed by atoms with Gasteiger partial charge in [0.1, 0.15) is 22.4 Å². The number of benzene rings is 2. The lowest BCUT2D eigenvalue weighted by Gasteiger charge is -2.29. The molecule has 2 aromatic carbocycles. The maximum atomic E-state index is 13.8. The smallest absolute Gasteiger partial charge is 0.240 e. The number of nitrogens with two attached hydrogens (primary N) is 1. The van der Waals surface area contributed by atoms with E-state index in [1.807, 2.05) is 24.9 Å². The first-order chi connectivity index (χ1) is 28.5. The molecule has 12 heteroatoms. The number of H-pyrrole nitrogens is 2. The largest absolute Gasteiger partial charge is 0.472 e. The Kier molecular flexibility index (Phi) is 10.7. The minimum atomic E-state index is -0.498. The summed E-state index contributed by atoms with van der Waals surface area (Å²) in [6.45, 7) is 9.46. The number of pyridine rings is 1. The Balaban J connectivity index is 0.953. The van der Waals surface area contributed by atoms with Gasteiger partial charge in [0.2, 0.25) is 5.91 Å². The van der Waals surface area contributed by atoms with Crippen LogP contribution in [0, 0.1) is 17.8 Å². The number of imidazole rings is 1. The second-order valence-corrected chi connectivity index (χ2v) is 17.9. The molecule has 0 bridgehead atoms. The number of hydrogen-bond acceptors (Lipinski definition) is 6. The molecule has 1 saturated carbocycles. The summed E-state index contributed by atoms with van der Waals surface area (Å²) >= 11 is 12.6. The van der Waals surface area contributed by atoms with Crippen molar-refractivity contribution in [3.05, 3.63) is 99.8 Å². The van der Waals surface area contributed by atoms with Crippen molar-refractivity contribution in [1.29, 1.82) is 0 Å². The van der Waals surface area contributed by atoms with Gasteiger partial charge in [0, 0.05) is 51.8 Å². The van der Waals surface area contributed by atoms with Crippen LogP contribution in [0.5, 0.6) is 5.75 Å². The van der Waals surface area contributed by atoms with Gasteiger partial charge >= 0.3 is 0 Å². The van der Waals surface area contributed by atoms with Crippen molar-refractivity contribution in [2.45, 2.75) is 97.4 Å². The molecule has 1 saturated heterocycles. The lowest BCUT2D eigenvalue weighted by molar-refractivity contribution is -0.134. The number of carbonyl (C=O) groups is 2. The zero-order valence-electron chi connectivity index (χ0n) is 34.0. The van der Waals surface area contributed by atoms with Gasteiger partial charge in [0.15, 0.2) is 12.5 Å². The summed E-state index contributed by atoms with van der Waals surface area (Å²) in [6, 6.07) is 20.1. The van der Waals surface area contributed by atoms with E-state index >= 15 is 0 Å². The van der Waals surface area contributed by atoms with Crippen molar-refractivity contribution in [1.82, 2.24) is 29.4 Å². The number of ketones is 1. The van der Waals surface area contributed by atoms with E-state index < -0.39 is 6.04 Å². The summed E-state index contributed by atoms with van der Waals surface area (Å²) in [6.07, 6.45) is 8.24. The molecular weight excluding hydrogens is 781 g/mol. The van der Waals surface area contributed by atoms with Gasteiger partial charge in [-0.1, -0.05) is 69.5 Å². The lowest BCUT2D eigenvalue weighted by atomic mass is 9.82. The SMILES string of the molecule is CCc1cc(-c2ccc3c(c2)OCn2c-3cc3cc(-c4cnc(C5CCCC(C)C(C(=O)c6nc(Cl)ccc6Cl)C5)[nH]4)ccc32)[nH]c1C1CCCN1C(=O)C(N)C(C)C. The van der Waals surface area contributed by atoms with Crippen LogP contribution in [-0.4, -0.2) is 53.7 Å². The Morgan fingerprint density at radius 3 is 2.59 bits per heavy atom. The zero-order chi connectivity index (χ0) is 41.1. The molecule has 5 atom stereocenters. The standard InChI is InChI=1S/C47H51Cl2N7O3/c1-5-27-20-35(52-43(27)38-10-7-17-55(38)47(58)42(50)25(2)3)29-11-13-32-39-21-31-18-28(12-15-37(31)56(39)24-59-40(32)22-29)36-23-51-46(53-36)30-9-6-8-26(4)33(19-30)45(57)44-34(48)14-16-41(49)54-44/h11-16,18,20-23,25-26,30,33,38,42,52H,5-10,17,19,24,50H2,1-4H3,(H,51,53). The second-order valence-electron chi connectivity index (χ2n) is 17.1. The van der Waals surface area contributed by atoms with E-state index in [2.05, 4.69) is 81.9 Å². The molecule has 59 heavy (non-hydrogen) atoms. The fraction of sp³-hybridized carbons (Fsp3) is 0.404. The molecule has 6 aromatic rings. The van der Waals surface area contributed by atoms with E-state index in [1.165, 1.54) is 5.56 Å². The number of nitrogens with one attached hydrogen (secondary N) is 2. The lowest BCUT2D eigenvalue weighted by Crippen LogP contribution is -2.46. The first-order valence-corrected chi connectivity index (χ1v) is 21.8. The predicted octanol–water partition coefficient (Wildman–Crippen LogP) is 10.7. The summed E-state index contributed by atoms with van der Waals surface area (Å²) in [7, 11) is 0. The van der Waals surface area contributed by atoms with Gasteiger partial charge < -0.3 is 29.9 Å². The number of nitrogens with zero attached hydrogens (tertiary/aromatic N) is 4. The van der Waals surface area contributed by atoms with Crippen LogP contribution in [-0.2, 0) is 17.9 Å². The zero-order valence-corrected chi connectivity index (χ0v) is 35.5. The number of ether oxygens (including phenoxy) is 1. The van der Waals surface area contributed by atoms with Gasteiger partial charge in [0.25, 0.3) is 0 Å². The highest BCUT2D eigenvalue weighted by Gasteiger charge is 2.37. The van der Waals surface area contributed by atoms with Gasteiger partial charge in [-0.15, -0.1) is 0 Å². The van der Waals surface area contributed by atoms with Crippen LogP contribution in [0.25, 0.3) is 44.7 Å². The van der Waals surface area contributed by atoms with Crippen LogP contribution < -0.4 is 10.5 Å². The average Bonchev–Trinajstić information content (AvgIpc) is 4.05. The van der Waals surface area contributed by atoms with E-state index in [0.29, 0.717) is 18.2 Å². The number of Topliss-reactive ketones (excluding diaryl/α,β-unsaturated/α-hetero) is 1. The van der Waals surface area contributed by atoms with Gasteiger partial charge in [0.05, 0.1) is 40.2 Å². The van der Waals surface area contributed by atoms with Gasteiger partial charge in [-0.3, -0.25) is 9.59 Å². The number of fused-ring (bicyclic) bond motifs is 5. The van der Waals surface area contributed by atoms with Crippen molar-refractivity contribution in [3.8, 4) is 39.5 Å². The highest BCUT2D eigenvalue weighted by Crippen LogP contribution is 2.44. The minimum Gasteiger partial charge on any atom is -0.472 e. The van der Waals surface area contributed by atoms with Crippen LogP contribution in [0.2, 0.25) is 10.2 Å². The molecule has 0 radical (unpaired) electrons. The van der Waals surface area contributed by atoms with Crippen LogP contribution in [0.3, 0.4) is 0 Å². The van der Waals surface area contributed by atoms with Crippen LogP contribution in [0.4, 0.5) is 0 Å². The summed E-state index contributed by atoms with van der Waals surface area (Å²) in [5.74, 6) is 1.88. The molecule has 9 rings (SSSR count). The first-order valence-electron chi connectivity index (χ1n) is 21.1. The monoisotopic (exact) mass is 831 g/mol. The number of carbonyl (C=O) groups excluding carboxylic acids is 2. The van der Waals surface area contributed by atoms with Crippen LogP contribution >= 0.6 is 23.2 Å². The molecule has 10 nitrogen and oxygen atoms in total. The molecular formula is C47H51Cl2N7O3. The van der Waals surface area contributed by atoms with Crippen molar-refractivity contribution in [2.24, 2.45) is 23.5 Å². The highest BCUT2D eigenvalue weighted by molar-refractivity contribution is 6.34. The third kappa shape index (κ3) is 7.27. The third-order valence-electron chi connectivity index (χ3n) is 13.1. The molecule has 5 unspecified atom stereocenters. The van der Waals surface area contributed by atoms with E-state index in [-0.39, 0.29) is 52.3 Å². The van der Waals surface area contributed by atoms with Crippen molar-refractivity contribution < 1.29 is 14.3 Å². The van der Waals surface area contributed by atoms with Crippen molar-refractivity contribution >= 4 is 45.8 Å². The molecule has 6 heterocycles. The summed E-state index contributed by atoms with van der Waals surface area (Å²) in [5.41, 5.74) is 16.2. The Morgan fingerprint density at radius 1 is 0.966 bits per heavy atom. The number of aromatic nitrogens is 5. The molecule has 3 aliphatic rings. The fourth-order valence-electron chi connectivity index (χ4n) is 9.64. The average molecular weight is 833 g/mol. The molecule has 2 aliphatic heterocycles. The van der Waals surface area contributed by atoms with Gasteiger partial charge in [-0.2, -0.15) is 0 Å². The number of aromatic amines is 2. The second kappa shape index (κ2) is 15.9. The molecule has 1 amide bonds. The van der Waals surface area contributed by atoms with Gasteiger partial charge in [-0.25, -0.2) is 9.97 Å². The molecule has 1 aliphatic carbocycles. The van der Waals surface area contributed by atoms with Crippen molar-refractivity contribution in [2.75, 3.05) is 6.54 Å². The van der Waals surface area contributed by atoms with E-state index in [1.54, 1.807) is 12.1 Å². The molecule has 4 N–H and O–H groups in total. The molecule has 0 spiro atoms. The predicted molar refractivity (Wildman–Crippen MR) is 234 cm³/mol. The van der Waals surface area contributed by atoms with E-state index in [0.717, 1.165) is 107 Å². The summed E-state index contributed by atoms with van der Waals surface area (Å²) in [4.78, 5) is 45.7. The Labute approximate surface area is 354 Å². The number of aryl methyl sites for hydroxylation is 1. The Bertz CT molecular complexity index is 2570. The number of amides is 1. The Morgan fingerprint density at radius 2 is 1.78 bits per heavy atom. The summed E-state index contributed by atoms with van der Waals surface area (Å²) in [5, 5.41) is 1.71.